The van der Waals surface area contributed by atoms with Crippen LogP contribution in [0.3, 0.4) is 0 Å². The Bertz CT molecular complexity index is 427. The van der Waals surface area contributed by atoms with Gasteiger partial charge >= 0.3 is 0 Å². The fourth-order valence-electron chi connectivity index (χ4n) is 3.28. The van der Waals surface area contributed by atoms with E-state index in [2.05, 4.69) is 17.1 Å². The number of hydrogen-bond donors (Lipinski definition) is 1. The van der Waals surface area contributed by atoms with Crippen LogP contribution in [0, 0.1) is 11.7 Å². The van der Waals surface area contributed by atoms with Crippen molar-refractivity contribution in [3.05, 3.63) is 35.6 Å². The Balaban J connectivity index is 1.59. The first-order valence-electron chi connectivity index (χ1n) is 7.94. The van der Waals surface area contributed by atoms with Crippen molar-refractivity contribution in [3.8, 4) is 0 Å². The molecule has 0 bridgehead atoms. The van der Waals surface area contributed by atoms with Crippen LogP contribution in [0.2, 0.25) is 0 Å². The molecule has 1 aliphatic heterocycles. The van der Waals surface area contributed by atoms with Gasteiger partial charge in [0.15, 0.2) is 0 Å². The highest BCUT2D eigenvalue weighted by Crippen LogP contribution is 2.33. The van der Waals surface area contributed by atoms with Crippen molar-refractivity contribution in [1.29, 1.82) is 0 Å². The van der Waals surface area contributed by atoms with Gasteiger partial charge in [0.1, 0.15) is 5.82 Å². The second-order valence-electron chi connectivity index (χ2n) is 6.43. The van der Waals surface area contributed by atoms with E-state index in [1.807, 2.05) is 12.1 Å². The van der Waals surface area contributed by atoms with Gasteiger partial charge in [-0.1, -0.05) is 12.1 Å². The SMILES string of the molecule is CC(Cc1ccc(F)cc1)N1CCCNC(C2CC2)C1. The van der Waals surface area contributed by atoms with E-state index in [9.17, 15) is 4.39 Å². The number of hydrogen-bond acceptors (Lipinski definition) is 2. The van der Waals surface area contributed by atoms with Gasteiger partial charge < -0.3 is 5.32 Å². The topological polar surface area (TPSA) is 15.3 Å². The Morgan fingerprint density at radius 3 is 2.75 bits per heavy atom. The Kier molecular flexibility index (Phi) is 4.37. The fourth-order valence-corrected chi connectivity index (χ4v) is 3.28. The molecule has 3 rings (SSSR count). The molecule has 0 amide bonds. The zero-order valence-corrected chi connectivity index (χ0v) is 12.3. The summed E-state index contributed by atoms with van der Waals surface area (Å²) in [7, 11) is 0. The predicted molar refractivity (Wildman–Crippen MR) is 80.3 cm³/mol. The van der Waals surface area contributed by atoms with Crippen molar-refractivity contribution in [1.82, 2.24) is 10.2 Å². The molecule has 20 heavy (non-hydrogen) atoms. The molecular formula is C17H25FN2. The van der Waals surface area contributed by atoms with Crippen molar-refractivity contribution >= 4 is 0 Å². The molecule has 2 nitrogen and oxygen atoms in total. The summed E-state index contributed by atoms with van der Waals surface area (Å²) in [4.78, 5) is 2.62. The van der Waals surface area contributed by atoms with E-state index in [0.717, 1.165) is 18.9 Å². The molecule has 110 valence electrons. The molecule has 2 aliphatic rings. The smallest absolute Gasteiger partial charge is 0.123 e. The number of halogens is 1. The summed E-state index contributed by atoms with van der Waals surface area (Å²) in [6.45, 7) is 5.81. The van der Waals surface area contributed by atoms with Crippen LogP contribution in [0.1, 0.15) is 31.7 Å². The van der Waals surface area contributed by atoms with E-state index in [4.69, 9.17) is 0 Å². The number of nitrogens with zero attached hydrogens (tertiary/aromatic N) is 1. The molecule has 0 spiro atoms. The highest BCUT2D eigenvalue weighted by Gasteiger charge is 2.33. The van der Waals surface area contributed by atoms with E-state index in [-0.39, 0.29) is 5.82 Å². The average molecular weight is 276 g/mol. The summed E-state index contributed by atoms with van der Waals surface area (Å²) in [5.74, 6) is 0.766. The third kappa shape index (κ3) is 3.58. The highest BCUT2D eigenvalue weighted by molar-refractivity contribution is 5.17. The molecule has 1 saturated carbocycles. The second kappa shape index (κ2) is 6.23. The minimum atomic E-state index is -0.144. The zero-order chi connectivity index (χ0) is 13.9. The van der Waals surface area contributed by atoms with Crippen LogP contribution < -0.4 is 5.32 Å². The standard InChI is InChI=1S/C17H25FN2/c1-13(11-14-3-7-16(18)8-4-14)20-10-2-9-19-17(12-20)15-5-6-15/h3-4,7-8,13,15,17,19H,2,5-6,9-12H2,1H3. The molecule has 1 aromatic carbocycles. The lowest BCUT2D eigenvalue weighted by atomic mass is 10.0. The molecule has 2 fully saturated rings. The second-order valence-corrected chi connectivity index (χ2v) is 6.43. The van der Waals surface area contributed by atoms with Gasteiger partial charge in [-0.15, -0.1) is 0 Å². The Morgan fingerprint density at radius 2 is 2.05 bits per heavy atom. The van der Waals surface area contributed by atoms with E-state index >= 15 is 0 Å². The van der Waals surface area contributed by atoms with E-state index in [1.165, 1.54) is 37.9 Å². The van der Waals surface area contributed by atoms with Crippen LogP contribution >= 0.6 is 0 Å². The van der Waals surface area contributed by atoms with Gasteiger partial charge in [-0.25, -0.2) is 4.39 Å². The van der Waals surface area contributed by atoms with Gasteiger partial charge in [-0.05, 0) is 69.3 Å². The van der Waals surface area contributed by atoms with Crippen LogP contribution in [0.25, 0.3) is 0 Å². The Labute approximate surface area is 121 Å². The van der Waals surface area contributed by atoms with Gasteiger partial charge in [0.25, 0.3) is 0 Å². The number of benzene rings is 1. The lowest BCUT2D eigenvalue weighted by molar-refractivity contribution is 0.198. The van der Waals surface area contributed by atoms with Crippen LogP contribution in [0.15, 0.2) is 24.3 Å². The summed E-state index contributed by atoms with van der Waals surface area (Å²) in [5, 5.41) is 3.71. The maximum Gasteiger partial charge on any atom is 0.123 e. The monoisotopic (exact) mass is 276 g/mol. The van der Waals surface area contributed by atoms with Crippen molar-refractivity contribution in [2.45, 2.75) is 44.7 Å². The van der Waals surface area contributed by atoms with E-state index in [0.29, 0.717) is 12.1 Å². The average Bonchev–Trinajstić information content (AvgIpc) is 3.27. The molecule has 1 aromatic rings. The Hall–Kier alpha value is -0.930. The van der Waals surface area contributed by atoms with Crippen molar-refractivity contribution in [2.75, 3.05) is 19.6 Å². The van der Waals surface area contributed by atoms with Gasteiger partial charge in [0.05, 0.1) is 0 Å². The van der Waals surface area contributed by atoms with Gasteiger partial charge in [-0.2, -0.15) is 0 Å². The number of rotatable bonds is 4. The van der Waals surface area contributed by atoms with Gasteiger partial charge in [0.2, 0.25) is 0 Å². The molecule has 0 aromatic heterocycles. The highest BCUT2D eigenvalue weighted by atomic mass is 19.1. The molecule has 1 saturated heterocycles. The van der Waals surface area contributed by atoms with Crippen molar-refractivity contribution < 1.29 is 4.39 Å². The van der Waals surface area contributed by atoms with Crippen LogP contribution in [0.4, 0.5) is 4.39 Å². The molecular weight excluding hydrogens is 251 g/mol. The molecule has 1 aliphatic carbocycles. The van der Waals surface area contributed by atoms with E-state index in [1.54, 1.807) is 12.1 Å². The fraction of sp³-hybridized carbons (Fsp3) is 0.647. The summed E-state index contributed by atoms with van der Waals surface area (Å²) >= 11 is 0. The third-order valence-corrected chi connectivity index (χ3v) is 4.72. The predicted octanol–water partition coefficient (Wildman–Crippen LogP) is 2.83. The minimum absolute atomic E-state index is 0.144. The molecule has 0 radical (unpaired) electrons. The summed E-state index contributed by atoms with van der Waals surface area (Å²) < 4.78 is 13.0. The molecule has 1 heterocycles. The summed E-state index contributed by atoms with van der Waals surface area (Å²) in [5.41, 5.74) is 1.24. The quantitative estimate of drug-likeness (QED) is 0.909. The van der Waals surface area contributed by atoms with Gasteiger partial charge in [0, 0.05) is 18.6 Å². The molecule has 3 heteroatoms. The minimum Gasteiger partial charge on any atom is -0.312 e. The Morgan fingerprint density at radius 1 is 1.30 bits per heavy atom. The van der Waals surface area contributed by atoms with Crippen molar-refractivity contribution in [2.24, 2.45) is 5.92 Å². The maximum atomic E-state index is 13.0. The molecule has 2 unspecified atom stereocenters. The zero-order valence-electron chi connectivity index (χ0n) is 12.3. The lowest BCUT2D eigenvalue weighted by Gasteiger charge is -2.30. The molecule has 2 atom stereocenters. The van der Waals surface area contributed by atoms with E-state index < -0.39 is 0 Å². The largest absolute Gasteiger partial charge is 0.312 e. The van der Waals surface area contributed by atoms with Crippen LogP contribution in [-0.4, -0.2) is 36.6 Å². The maximum absolute atomic E-state index is 13.0. The van der Waals surface area contributed by atoms with Crippen LogP contribution in [-0.2, 0) is 6.42 Å². The third-order valence-electron chi connectivity index (χ3n) is 4.72. The first kappa shape index (κ1) is 14.0. The number of nitrogens with one attached hydrogen (secondary N) is 1. The lowest BCUT2D eigenvalue weighted by Crippen LogP contribution is -2.43. The van der Waals surface area contributed by atoms with Crippen LogP contribution in [0.5, 0.6) is 0 Å². The first-order chi connectivity index (χ1) is 9.72. The summed E-state index contributed by atoms with van der Waals surface area (Å²) in [6, 6.07) is 8.19. The normalized spacial score (nSPS) is 26.2. The summed E-state index contributed by atoms with van der Waals surface area (Å²) in [6.07, 6.45) is 5.05. The molecule has 1 N–H and O–H groups in total. The van der Waals surface area contributed by atoms with Crippen molar-refractivity contribution in [3.63, 3.8) is 0 Å². The van der Waals surface area contributed by atoms with Gasteiger partial charge in [-0.3, -0.25) is 4.90 Å². The first-order valence-corrected chi connectivity index (χ1v) is 7.94.